The fourth-order valence-corrected chi connectivity index (χ4v) is 2.79. The van der Waals surface area contributed by atoms with Crippen LogP contribution in [0.1, 0.15) is 16.1 Å². The first-order valence-corrected chi connectivity index (χ1v) is 8.24. The zero-order valence-corrected chi connectivity index (χ0v) is 15.3. The van der Waals surface area contributed by atoms with Gasteiger partial charge in [-0.1, -0.05) is 27.5 Å². The fourth-order valence-electron chi connectivity index (χ4n) is 2.19. The van der Waals surface area contributed by atoms with Crippen LogP contribution in [0.3, 0.4) is 0 Å². The number of carbonyl (C=O) groups is 1. The second-order valence-corrected chi connectivity index (χ2v) is 6.39. The van der Waals surface area contributed by atoms with Crippen molar-refractivity contribution >= 4 is 50.6 Å². The Balaban J connectivity index is 1.77. The van der Waals surface area contributed by atoms with Gasteiger partial charge in [-0.2, -0.15) is 5.10 Å². The zero-order valence-electron chi connectivity index (χ0n) is 12.9. The Labute approximate surface area is 156 Å². The maximum absolute atomic E-state index is 12.1. The quantitative estimate of drug-likeness (QED) is 0.483. The summed E-state index contributed by atoms with van der Waals surface area (Å²) < 4.78 is 11.4. The summed E-state index contributed by atoms with van der Waals surface area (Å²) in [5.74, 6) is -0.308. The number of benzene rings is 2. The number of hydrogen-bond donors (Lipinski definition) is 2. The van der Waals surface area contributed by atoms with Gasteiger partial charge in [-0.25, -0.2) is 5.43 Å². The van der Waals surface area contributed by atoms with Crippen molar-refractivity contribution in [2.24, 2.45) is 5.10 Å². The van der Waals surface area contributed by atoms with Crippen LogP contribution in [0, 0.1) is 0 Å². The number of hydrazone groups is 1. The molecule has 0 aliphatic rings. The van der Waals surface area contributed by atoms with E-state index in [-0.39, 0.29) is 17.3 Å². The van der Waals surface area contributed by atoms with Crippen LogP contribution >= 0.6 is 27.5 Å². The van der Waals surface area contributed by atoms with Gasteiger partial charge in [0.1, 0.15) is 5.58 Å². The molecule has 0 unspecified atom stereocenters. The lowest BCUT2D eigenvalue weighted by atomic mass is 10.2. The number of furan rings is 1. The minimum atomic E-state index is -0.517. The molecule has 0 bridgehead atoms. The highest BCUT2D eigenvalue weighted by Crippen LogP contribution is 2.32. The number of fused-ring (bicyclic) bond motifs is 1. The molecular weight excluding hydrogens is 412 g/mol. The molecule has 1 aromatic heterocycles. The summed E-state index contributed by atoms with van der Waals surface area (Å²) in [6.07, 6.45) is 1.26. The second kappa shape index (κ2) is 7.16. The van der Waals surface area contributed by atoms with Crippen molar-refractivity contribution in [1.29, 1.82) is 0 Å². The van der Waals surface area contributed by atoms with Gasteiger partial charge in [0, 0.05) is 26.5 Å². The van der Waals surface area contributed by atoms with Gasteiger partial charge < -0.3 is 14.3 Å². The first-order chi connectivity index (χ1) is 12.0. The van der Waals surface area contributed by atoms with E-state index in [0.717, 1.165) is 9.86 Å². The average Bonchev–Trinajstić information content (AvgIpc) is 3.00. The Morgan fingerprint density at radius 2 is 2.16 bits per heavy atom. The molecule has 0 saturated heterocycles. The lowest BCUT2D eigenvalue weighted by Gasteiger charge is -2.06. The number of methoxy groups -OCH3 is 1. The van der Waals surface area contributed by atoms with Gasteiger partial charge in [0.15, 0.2) is 17.3 Å². The van der Waals surface area contributed by atoms with Crippen molar-refractivity contribution in [2.75, 3.05) is 7.11 Å². The zero-order chi connectivity index (χ0) is 18.0. The number of hydrogen-bond acceptors (Lipinski definition) is 5. The van der Waals surface area contributed by atoms with E-state index < -0.39 is 5.91 Å². The molecular formula is C17H12BrClN2O4. The van der Waals surface area contributed by atoms with Crippen molar-refractivity contribution in [2.45, 2.75) is 0 Å². The first-order valence-electron chi connectivity index (χ1n) is 7.07. The molecule has 3 aromatic rings. The number of phenolic OH excluding ortho intramolecular Hbond substituents is 1. The van der Waals surface area contributed by atoms with Gasteiger partial charge in [0.25, 0.3) is 0 Å². The van der Waals surface area contributed by atoms with Crippen LogP contribution in [0.2, 0.25) is 5.02 Å². The maximum Gasteiger partial charge on any atom is 0.307 e. The third kappa shape index (κ3) is 3.78. The molecule has 1 amide bonds. The predicted octanol–water partition coefficient (Wildman–Crippen LogP) is 4.33. The molecule has 25 heavy (non-hydrogen) atoms. The largest absolute Gasteiger partial charge is 0.504 e. The van der Waals surface area contributed by atoms with Crippen LogP contribution in [0.5, 0.6) is 11.5 Å². The summed E-state index contributed by atoms with van der Waals surface area (Å²) in [5, 5.41) is 15.0. The second-order valence-electron chi connectivity index (χ2n) is 5.04. The van der Waals surface area contributed by atoms with E-state index in [9.17, 15) is 9.90 Å². The maximum atomic E-state index is 12.1. The van der Waals surface area contributed by atoms with Crippen LogP contribution < -0.4 is 10.2 Å². The Hall–Kier alpha value is -2.51. The van der Waals surface area contributed by atoms with Gasteiger partial charge in [-0.3, -0.25) is 4.79 Å². The SMILES string of the molecule is COc1cc(Cl)cc(/C=N/NC(=O)c2cc3cc(Br)ccc3o2)c1O. The first kappa shape index (κ1) is 17.3. The summed E-state index contributed by atoms with van der Waals surface area (Å²) in [7, 11) is 1.41. The smallest absolute Gasteiger partial charge is 0.307 e. The lowest BCUT2D eigenvalue weighted by Crippen LogP contribution is -2.16. The van der Waals surface area contributed by atoms with Crippen molar-refractivity contribution in [1.82, 2.24) is 5.43 Å². The highest BCUT2D eigenvalue weighted by atomic mass is 79.9. The number of phenols is 1. The number of amides is 1. The van der Waals surface area contributed by atoms with Crippen LogP contribution in [-0.4, -0.2) is 24.3 Å². The van der Waals surface area contributed by atoms with E-state index in [1.165, 1.54) is 25.5 Å². The number of aromatic hydroxyl groups is 1. The van der Waals surface area contributed by atoms with Crippen molar-refractivity contribution in [3.8, 4) is 11.5 Å². The molecule has 0 aliphatic heterocycles. The molecule has 0 atom stereocenters. The highest BCUT2D eigenvalue weighted by molar-refractivity contribution is 9.10. The van der Waals surface area contributed by atoms with Crippen molar-refractivity contribution in [3.05, 3.63) is 57.2 Å². The Morgan fingerprint density at radius 3 is 2.92 bits per heavy atom. The fraction of sp³-hybridized carbons (Fsp3) is 0.0588. The standard InChI is InChI=1S/C17H12BrClN2O4/c1-24-14-7-12(19)5-10(16(14)22)8-20-21-17(23)15-6-9-4-11(18)2-3-13(9)25-15/h2-8,22H,1H3,(H,21,23)/b20-8+. The van der Waals surface area contributed by atoms with Gasteiger partial charge in [-0.05, 0) is 30.3 Å². The Kier molecular flexibility index (Phi) is 4.96. The van der Waals surface area contributed by atoms with Gasteiger partial charge in [0.2, 0.25) is 0 Å². The summed E-state index contributed by atoms with van der Waals surface area (Å²) in [5.41, 5.74) is 3.23. The third-order valence-corrected chi connectivity index (χ3v) is 4.07. The van der Waals surface area contributed by atoms with E-state index in [4.69, 9.17) is 20.8 Å². The highest BCUT2D eigenvalue weighted by Gasteiger charge is 2.12. The Bertz CT molecular complexity index is 984. The number of halogens is 2. The van der Waals surface area contributed by atoms with E-state index >= 15 is 0 Å². The van der Waals surface area contributed by atoms with Crippen molar-refractivity contribution < 1.29 is 19.1 Å². The average molecular weight is 424 g/mol. The van der Waals surface area contributed by atoms with Gasteiger partial charge >= 0.3 is 5.91 Å². The number of nitrogens with zero attached hydrogens (tertiary/aromatic N) is 1. The minimum Gasteiger partial charge on any atom is -0.504 e. The molecule has 8 heteroatoms. The number of ether oxygens (including phenoxy) is 1. The molecule has 1 heterocycles. The molecule has 3 rings (SSSR count). The van der Waals surface area contributed by atoms with Crippen LogP contribution in [0.4, 0.5) is 0 Å². The number of rotatable bonds is 4. The molecule has 0 fully saturated rings. The van der Waals surface area contributed by atoms with E-state index in [2.05, 4.69) is 26.5 Å². The number of carbonyl (C=O) groups excluding carboxylic acids is 1. The van der Waals surface area contributed by atoms with E-state index in [1.807, 2.05) is 12.1 Å². The normalized spacial score (nSPS) is 11.2. The molecule has 2 aromatic carbocycles. The van der Waals surface area contributed by atoms with Gasteiger partial charge in [0.05, 0.1) is 13.3 Å². The molecule has 128 valence electrons. The number of nitrogens with one attached hydrogen (secondary N) is 1. The summed E-state index contributed by atoms with van der Waals surface area (Å²) in [6.45, 7) is 0. The molecule has 6 nitrogen and oxygen atoms in total. The summed E-state index contributed by atoms with van der Waals surface area (Å²) in [4.78, 5) is 12.1. The molecule has 2 N–H and O–H groups in total. The summed E-state index contributed by atoms with van der Waals surface area (Å²) in [6, 6.07) is 10.0. The minimum absolute atomic E-state index is 0.123. The van der Waals surface area contributed by atoms with Gasteiger partial charge in [-0.15, -0.1) is 0 Å². The summed E-state index contributed by atoms with van der Waals surface area (Å²) >= 11 is 9.30. The van der Waals surface area contributed by atoms with E-state index in [1.54, 1.807) is 12.1 Å². The van der Waals surface area contributed by atoms with Crippen molar-refractivity contribution in [3.63, 3.8) is 0 Å². The Morgan fingerprint density at radius 1 is 1.36 bits per heavy atom. The van der Waals surface area contributed by atoms with E-state index in [0.29, 0.717) is 16.2 Å². The van der Waals surface area contributed by atoms with Crippen LogP contribution in [0.15, 0.2) is 50.4 Å². The monoisotopic (exact) mass is 422 g/mol. The topological polar surface area (TPSA) is 84.1 Å². The molecule has 0 spiro atoms. The molecule has 0 radical (unpaired) electrons. The van der Waals surface area contributed by atoms with Crippen LogP contribution in [0.25, 0.3) is 11.0 Å². The molecule has 0 saturated carbocycles. The predicted molar refractivity (Wildman–Crippen MR) is 98.6 cm³/mol. The molecule has 0 aliphatic carbocycles. The lowest BCUT2D eigenvalue weighted by molar-refractivity contribution is 0.0929. The third-order valence-electron chi connectivity index (χ3n) is 3.36. The van der Waals surface area contributed by atoms with Crippen LogP contribution in [-0.2, 0) is 0 Å².